The van der Waals surface area contributed by atoms with E-state index in [0.29, 0.717) is 23.7 Å². The molecule has 0 saturated carbocycles. The summed E-state index contributed by atoms with van der Waals surface area (Å²) in [5.74, 6) is 3.86. The fourth-order valence-electron chi connectivity index (χ4n) is 3.66. The van der Waals surface area contributed by atoms with Crippen LogP contribution < -0.4 is 4.74 Å². The molecule has 0 aliphatic carbocycles. The predicted molar refractivity (Wildman–Crippen MR) is 109 cm³/mol. The maximum absolute atomic E-state index is 6.54. The van der Waals surface area contributed by atoms with Gasteiger partial charge in [-0.3, -0.25) is 0 Å². The van der Waals surface area contributed by atoms with Crippen LogP contribution in [-0.2, 0) is 0 Å². The van der Waals surface area contributed by atoms with Gasteiger partial charge >= 0.3 is 0 Å². The van der Waals surface area contributed by atoms with Crippen LogP contribution in [0.15, 0.2) is 36.4 Å². The molecule has 0 spiro atoms. The normalized spacial score (nSPS) is 11.8. The minimum absolute atomic E-state index is 0.435. The summed E-state index contributed by atoms with van der Waals surface area (Å²) < 4.78 is 6.54. The van der Waals surface area contributed by atoms with Crippen LogP contribution in [-0.4, -0.2) is 0 Å². The van der Waals surface area contributed by atoms with Gasteiger partial charge in [-0.05, 0) is 46.9 Å². The highest BCUT2D eigenvalue weighted by Gasteiger charge is 2.19. The van der Waals surface area contributed by atoms with E-state index in [4.69, 9.17) is 4.74 Å². The van der Waals surface area contributed by atoms with Crippen molar-refractivity contribution in [3.05, 3.63) is 58.7 Å². The van der Waals surface area contributed by atoms with Gasteiger partial charge < -0.3 is 4.74 Å². The molecular formula is C24H34O. The lowest BCUT2D eigenvalue weighted by molar-refractivity contribution is 0.460. The molecule has 0 amide bonds. The van der Waals surface area contributed by atoms with Crippen LogP contribution in [0.25, 0.3) is 0 Å². The molecule has 0 aromatic heterocycles. The Bertz CT molecular complexity index is 647. The van der Waals surface area contributed by atoms with Gasteiger partial charge in [0.15, 0.2) is 0 Å². The van der Waals surface area contributed by atoms with Gasteiger partial charge in [-0.25, -0.2) is 0 Å². The molecule has 2 aromatic rings. The summed E-state index contributed by atoms with van der Waals surface area (Å²) in [6.07, 6.45) is 0. The second-order valence-corrected chi connectivity index (χ2v) is 8.24. The highest BCUT2D eigenvalue weighted by atomic mass is 16.5. The third-order valence-corrected chi connectivity index (χ3v) is 4.82. The lowest BCUT2D eigenvalue weighted by atomic mass is 9.89. The fourth-order valence-corrected chi connectivity index (χ4v) is 3.66. The molecule has 2 aromatic carbocycles. The zero-order valence-corrected chi connectivity index (χ0v) is 17.2. The Kier molecular flexibility index (Phi) is 6.32. The van der Waals surface area contributed by atoms with E-state index in [0.717, 1.165) is 11.5 Å². The summed E-state index contributed by atoms with van der Waals surface area (Å²) in [7, 11) is 0. The zero-order chi connectivity index (χ0) is 18.7. The van der Waals surface area contributed by atoms with Gasteiger partial charge in [0, 0.05) is 11.1 Å². The van der Waals surface area contributed by atoms with Crippen molar-refractivity contribution >= 4 is 0 Å². The molecular weight excluding hydrogens is 304 g/mol. The largest absolute Gasteiger partial charge is 0.457 e. The third-order valence-electron chi connectivity index (χ3n) is 4.82. The molecule has 0 aliphatic rings. The second kappa shape index (κ2) is 8.08. The highest BCUT2D eigenvalue weighted by Crippen LogP contribution is 2.40. The summed E-state index contributed by atoms with van der Waals surface area (Å²) in [5, 5.41) is 0. The van der Waals surface area contributed by atoms with Crippen molar-refractivity contribution in [3.63, 3.8) is 0 Å². The predicted octanol–water partition coefficient (Wildman–Crippen LogP) is 7.97. The molecule has 136 valence electrons. The van der Waals surface area contributed by atoms with Crippen LogP contribution in [0.1, 0.15) is 101 Å². The molecule has 0 bridgehead atoms. The summed E-state index contributed by atoms with van der Waals surface area (Å²) in [6.45, 7) is 18.0. The number of rotatable bonds is 6. The number of hydrogen-bond acceptors (Lipinski definition) is 1. The van der Waals surface area contributed by atoms with Gasteiger partial charge in [0.25, 0.3) is 0 Å². The Morgan fingerprint density at radius 1 is 0.520 bits per heavy atom. The van der Waals surface area contributed by atoms with Gasteiger partial charge in [-0.1, -0.05) is 79.7 Å². The Balaban J connectivity index is 2.58. The van der Waals surface area contributed by atoms with Crippen LogP contribution in [0.5, 0.6) is 11.5 Å². The minimum Gasteiger partial charge on any atom is -0.457 e. The van der Waals surface area contributed by atoms with Gasteiger partial charge in [0.05, 0.1) is 0 Å². The second-order valence-electron chi connectivity index (χ2n) is 8.24. The molecule has 0 unspecified atom stereocenters. The lowest BCUT2D eigenvalue weighted by Gasteiger charge is -2.24. The van der Waals surface area contributed by atoms with Gasteiger partial charge in [-0.15, -0.1) is 0 Å². The topological polar surface area (TPSA) is 9.23 Å². The van der Waals surface area contributed by atoms with Crippen LogP contribution in [0.2, 0.25) is 0 Å². The summed E-state index contributed by atoms with van der Waals surface area (Å²) in [5.41, 5.74) is 5.45. The smallest absolute Gasteiger partial charge is 0.131 e. The number of ether oxygens (including phenoxy) is 1. The molecule has 1 nitrogen and oxygen atoms in total. The molecule has 2 rings (SSSR count). The standard InChI is InChI=1S/C24H34O/c1-15(2)19-11-9-13-21(23(19)17(5)6)25-22-14-10-12-20(16(3)4)24(22)18(7)8/h9-18H,1-8H3. The molecule has 0 N–H and O–H groups in total. The average molecular weight is 339 g/mol. The molecule has 1 heteroatoms. The zero-order valence-electron chi connectivity index (χ0n) is 17.2. The van der Waals surface area contributed by atoms with E-state index in [9.17, 15) is 0 Å². The van der Waals surface area contributed by atoms with Gasteiger partial charge in [-0.2, -0.15) is 0 Å². The Morgan fingerprint density at radius 3 is 1.16 bits per heavy atom. The maximum Gasteiger partial charge on any atom is 0.131 e. The minimum atomic E-state index is 0.435. The number of benzene rings is 2. The van der Waals surface area contributed by atoms with Gasteiger partial charge in [0.1, 0.15) is 11.5 Å². The molecule has 0 radical (unpaired) electrons. The molecule has 0 heterocycles. The molecule has 0 fully saturated rings. The molecule has 0 aliphatic heterocycles. The SMILES string of the molecule is CC(C)c1cccc(Oc2cccc(C(C)C)c2C(C)C)c1C(C)C. The summed E-state index contributed by atoms with van der Waals surface area (Å²) >= 11 is 0. The van der Waals surface area contributed by atoms with Crippen LogP contribution in [0.3, 0.4) is 0 Å². The van der Waals surface area contributed by atoms with Crippen molar-refractivity contribution in [1.29, 1.82) is 0 Å². The Hall–Kier alpha value is -1.76. The van der Waals surface area contributed by atoms with Crippen molar-refractivity contribution in [2.75, 3.05) is 0 Å². The van der Waals surface area contributed by atoms with E-state index in [-0.39, 0.29) is 0 Å². The van der Waals surface area contributed by atoms with E-state index < -0.39 is 0 Å². The van der Waals surface area contributed by atoms with E-state index in [2.05, 4.69) is 91.8 Å². The average Bonchev–Trinajstić information content (AvgIpc) is 2.53. The van der Waals surface area contributed by atoms with E-state index in [1.165, 1.54) is 22.3 Å². The Morgan fingerprint density at radius 2 is 0.880 bits per heavy atom. The van der Waals surface area contributed by atoms with Crippen LogP contribution in [0, 0.1) is 0 Å². The maximum atomic E-state index is 6.54. The first-order valence-electron chi connectivity index (χ1n) is 9.67. The van der Waals surface area contributed by atoms with E-state index in [1.54, 1.807) is 0 Å². The quantitative estimate of drug-likeness (QED) is 0.519. The first kappa shape index (κ1) is 19.6. The first-order valence-corrected chi connectivity index (χ1v) is 9.67. The Labute approximate surface area is 154 Å². The molecule has 25 heavy (non-hydrogen) atoms. The van der Waals surface area contributed by atoms with E-state index in [1.807, 2.05) is 0 Å². The fraction of sp³-hybridized carbons (Fsp3) is 0.500. The monoisotopic (exact) mass is 338 g/mol. The lowest BCUT2D eigenvalue weighted by Crippen LogP contribution is -2.05. The van der Waals surface area contributed by atoms with Crippen molar-refractivity contribution in [2.24, 2.45) is 0 Å². The van der Waals surface area contributed by atoms with Crippen LogP contribution >= 0.6 is 0 Å². The van der Waals surface area contributed by atoms with Crippen molar-refractivity contribution in [2.45, 2.75) is 79.1 Å². The summed E-state index contributed by atoms with van der Waals surface area (Å²) in [6, 6.07) is 13.0. The third kappa shape index (κ3) is 4.26. The highest BCUT2D eigenvalue weighted by molar-refractivity contribution is 5.50. The number of hydrogen-bond donors (Lipinski definition) is 0. The van der Waals surface area contributed by atoms with Crippen molar-refractivity contribution in [3.8, 4) is 11.5 Å². The van der Waals surface area contributed by atoms with Gasteiger partial charge in [0.2, 0.25) is 0 Å². The van der Waals surface area contributed by atoms with E-state index >= 15 is 0 Å². The van der Waals surface area contributed by atoms with Crippen molar-refractivity contribution in [1.82, 2.24) is 0 Å². The molecule has 0 atom stereocenters. The summed E-state index contributed by atoms with van der Waals surface area (Å²) in [4.78, 5) is 0. The van der Waals surface area contributed by atoms with Crippen LogP contribution in [0.4, 0.5) is 0 Å². The first-order chi connectivity index (χ1) is 11.7. The molecule has 0 saturated heterocycles. The van der Waals surface area contributed by atoms with Crippen molar-refractivity contribution < 1.29 is 4.74 Å².